The van der Waals surface area contributed by atoms with Crippen molar-refractivity contribution in [1.29, 1.82) is 0 Å². The number of aliphatic carboxylic acids is 2. The highest BCUT2D eigenvalue weighted by Gasteiger charge is 2.27. The van der Waals surface area contributed by atoms with Gasteiger partial charge in [-0.15, -0.1) is 23.5 Å². The van der Waals surface area contributed by atoms with Crippen LogP contribution in [0.3, 0.4) is 0 Å². The van der Waals surface area contributed by atoms with Gasteiger partial charge in [-0.1, -0.05) is 36.4 Å². The van der Waals surface area contributed by atoms with Gasteiger partial charge in [-0.3, -0.25) is 19.2 Å². The van der Waals surface area contributed by atoms with Crippen molar-refractivity contribution in [2.75, 3.05) is 11.5 Å². The van der Waals surface area contributed by atoms with Gasteiger partial charge in [0.1, 0.15) is 0 Å². The summed E-state index contributed by atoms with van der Waals surface area (Å²) in [5, 5.41) is 25.4. The molecular formula is C45H48N4O6S2. The lowest BCUT2D eigenvalue weighted by Crippen LogP contribution is -2.16. The molecule has 4 aromatic rings. The van der Waals surface area contributed by atoms with Crippen LogP contribution < -0.4 is 10.6 Å². The first-order chi connectivity index (χ1) is 27.4. The number of hydrogen-bond acceptors (Lipinski definition) is 6. The van der Waals surface area contributed by atoms with Gasteiger partial charge in [0.15, 0.2) is 0 Å². The highest BCUT2D eigenvalue weighted by atomic mass is 32.2. The summed E-state index contributed by atoms with van der Waals surface area (Å²) in [7, 11) is 0. The van der Waals surface area contributed by atoms with Crippen molar-refractivity contribution < 1.29 is 29.4 Å². The lowest BCUT2D eigenvalue weighted by atomic mass is 9.98. The second kappa shape index (κ2) is 18.7. The zero-order valence-electron chi connectivity index (χ0n) is 32.6. The van der Waals surface area contributed by atoms with Gasteiger partial charge in [0, 0.05) is 85.9 Å². The Hall–Kier alpha value is -5.46. The molecule has 57 heavy (non-hydrogen) atoms. The van der Waals surface area contributed by atoms with E-state index in [1.165, 1.54) is 0 Å². The summed E-state index contributed by atoms with van der Waals surface area (Å²) >= 11 is 3.41. The van der Waals surface area contributed by atoms with E-state index >= 15 is 0 Å². The van der Waals surface area contributed by atoms with Crippen LogP contribution in [0.2, 0.25) is 0 Å². The maximum atomic E-state index is 13.1. The fraction of sp³-hybridized carbons (Fsp3) is 0.289. The summed E-state index contributed by atoms with van der Waals surface area (Å²) in [6.07, 6.45) is 5.89. The number of rotatable bonds is 18. The molecule has 0 radical (unpaired) electrons. The third-order valence-electron chi connectivity index (χ3n) is 10.6. The standard InChI is InChI=1S/C45H48N4O6S2/c1-26-32(15-17-42(50)51)40(46-36(26)23-38-28(3)34(44(54)48-38)19-21-56-30-11-7-5-8-12-30)25-41-33(16-18-43(52)53)27(2)37(47-41)24-39-29(4)35(45(55)49-39)20-22-57-31-13-9-6-10-14-31/h5-14,23-24,46-47H,15-22,25H2,1-4H3,(H,48,54)(H,49,55)(H,50,51)(H,52,53)/b38-23-,39-24-. The maximum Gasteiger partial charge on any atom is 0.303 e. The zero-order chi connectivity index (χ0) is 40.6. The average molecular weight is 805 g/mol. The number of amides is 2. The van der Waals surface area contributed by atoms with E-state index in [0.717, 1.165) is 88.6 Å². The van der Waals surface area contributed by atoms with Crippen molar-refractivity contribution >= 4 is 59.4 Å². The maximum absolute atomic E-state index is 13.1. The van der Waals surface area contributed by atoms with E-state index in [1.54, 1.807) is 23.5 Å². The van der Waals surface area contributed by atoms with Crippen LogP contribution in [0, 0.1) is 13.8 Å². The molecule has 0 saturated carbocycles. The van der Waals surface area contributed by atoms with Crippen LogP contribution in [0.5, 0.6) is 0 Å². The molecule has 0 atom stereocenters. The quantitative estimate of drug-likeness (QED) is 0.0545. The molecule has 0 aliphatic carbocycles. The average Bonchev–Trinajstić information content (AvgIpc) is 3.83. The number of carbonyl (C=O) groups excluding carboxylic acids is 2. The van der Waals surface area contributed by atoms with Crippen LogP contribution in [0.15, 0.2) is 104 Å². The lowest BCUT2D eigenvalue weighted by Gasteiger charge is -2.07. The smallest absolute Gasteiger partial charge is 0.303 e. The van der Waals surface area contributed by atoms with E-state index < -0.39 is 11.9 Å². The van der Waals surface area contributed by atoms with Gasteiger partial charge < -0.3 is 30.8 Å². The van der Waals surface area contributed by atoms with E-state index in [1.807, 2.05) is 76.2 Å². The number of hydrogen-bond donors (Lipinski definition) is 6. The van der Waals surface area contributed by atoms with Gasteiger partial charge in [0.2, 0.25) is 0 Å². The molecule has 296 valence electrons. The molecule has 2 aliphatic heterocycles. The Bertz CT molecular complexity index is 2150. The Morgan fingerprint density at radius 3 is 1.35 bits per heavy atom. The first-order valence-corrected chi connectivity index (χ1v) is 21.0. The van der Waals surface area contributed by atoms with E-state index in [2.05, 4.69) is 44.9 Å². The minimum absolute atomic E-state index is 0.0644. The normalized spacial score (nSPS) is 15.6. The molecule has 12 heteroatoms. The fourth-order valence-corrected chi connectivity index (χ4v) is 9.14. The van der Waals surface area contributed by atoms with Crippen LogP contribution in [0.25, 0.3) is 12.2 Å². The van der Waals surface area contributed by atoms with Crippen molar-refractivity contribution in [3.63, 3.8) is 0 Å². The molecule has 2 aromatic heterocycles. The predicted molar refractivity (Wildman–Crippen MR) is 227 cm³/mol. The van der Waals surface area contributed by atoms with E-state index in [0.29, 0.717) is 43.5 Å². The molecule has 0 saturated heterocycles. The van der Waals surface area contributed by atoms with E-state index in [-0.39, 0.29) is 24.7 Å². The highest BCUT2D eigenvalue weighted by molar-refractivity contribution is 7.99. The Labute approximate surface area is 341 Å². The van der Waals surface area contributed by atoms with Crippen molar-refractivity contribution in [3.8, 4) is 0 Å². The van der Waals surface area contributed by atoms with Crippen molar-refractivity contribution in [2.45, 2.75) is 82.4 Å². The molecule has 4 heterocycles. The number of H-pyrrole nitrogens is 2. The Balaban J connectivity index is 1.28. The summed E-state index contributed by atoms with van der Waals surface area (Å²) in [5.41, 5.74) is 11.3. The molecule has 2 amide bonds. The van der Waals surface area contributed by atoms with Crippen LogP contribution >= 0.6 is 23.5 Å². The molecule has 0 bridgehead atoms. The third kappa shape index (κ3) is 10.1. The molecule has 2 aliphatic rings. The number of benzene rings is 2. The van der Waals surface area contributed by atoms with Crippen molar-refractivity contribution in [3.05, 3.63) is 139 Å². The summed E-state index contributed by atoms with van der Waals surface area (Å²) in [5.74, 6) is -0.523. The molecule has 0 unspecified atom stereocenters. The van der Waals surface area contributed by atoms with Crippen molar-refractivity contribution in [1.82, 2.24) is 20.6 Å². The van der Waals surface area contributed by atoms with Gasteiger partial charge in [-0.25, -0.2) is 0 Å². The minimum atomic E-state index is -0.909. The number of carboxylic acid groups (broad SMARTS) is 2. The minimum Gasteiger partial charge on any atom is -0.481 e. The van der Waals surface area contributed by atoms with Gasteiger partial charge in [-0.05, 0) is 123 Å². The summed E-state index contributed by atoms with van der Waals surface area (Å²) in [4.78, 5) is 59.1. The molecule has 2 aromatic carbocycles. The van der Waals surface area contributed by atoms with Gasteiger partial charge in [0.05, 0.1) is 0 Å². The Kier molecular flexibility index (Phi) is 13.5. The number of allylic oxidation sites excluding steroid dienone is 2. The molecule has 0 fully saturated rings. The molecule has 10 nitrogen and oxygen atoms in total. The largest absolute Gasteiger partial charge is 0.481 e. The Morgan fingerprint density at radius 1 is 0.596 bits per heavy atom. The van der Waals surface area contributed by atoms with Gasteiger partial charge in [0.25, 0.3) is 11.8 Å². The number of carbonyl (C=O) groups is 4. The zero-order valence-corrected chi connectivity index (χ0v) is 34.3. The monoisotopic (exact) mass is 804 g/mol. The number of aromatic amines is 2. The number of aromatic nitrogens is 2. The lowest BCUT2D eigenvalue weighted by molar-refractivity contribution is -0.138. The number of thioether (sulfide) groups is 2. The van der Waals surface area contributed by atoms with Gasteiger partial charge in [-0.2, -0.15) is 0 Å². The molecular weight excluding hydrogens is 757 g/mol. The third-order valence-corrected chi connectivity index (χ3v) is 12.6. The van der Waals surface area contributed by atoms with Crippen LogP contribution in [-0.2, 0) is 38.4 Å². The van der Waals surface area contributed by atoms with Crippen molar-refractivity contribution in [2.24, 2.45) is 0 Å². The van der Waals surface area contributed by atoms with Gasteiger partial charge >= 0.3 is 11.9 Å². The second-order valence-electron chi connectivity index (χ2n) is 14.3. The molecule has 6 rings (SSSR count). The summed E-state index contributed by atoms with van der Waals surface area (Å²) in [6, 6.07) is 20.2. The number of nitrogens with one attached hydrogen (secondary N) is 4. The first-order valence-electron chi connectivity index (χ1n) is 19.1. The summed E-state index contributed by atoms with van der Waals surface area (Å²) < 4.78 is 0. The van der Waals surface area contributed by atoms with Crippen LogP contribution in [0.4, 0.5) is 0 Å². The van der Waals surface area contributed by atoms with Crippen LogP contribution in [0.1, 0.15) is 84.6 Å². The topological polar surface area (TPSA) is 164 Å². The molecule has 0 spiro atoms. The molecule has 6 N–H and O–H groups in total. The first kappa shape index (κ1) is 41.2. The second-order valence-corrected chi connectivity index (χ2v) is 16.6. The van der Waals surface area contributed by atoms with Crippen LogP contribution in [-0.4, -0.2) is 55.4 Å². The van der Waals surface area contributed by atoms with E-state index in [9.17, 15) is 29.4 Å². The summed E-state index contributed by atoms with van der Waals surface area (Å²) in [6.45, 7) is 7.79. The predicted octanol–water partition coefficient (Wildman–Crippen LogP) is 8.52. The SMILES string of the molecule is CC1=C(CCSc2ccccc2)C(=O)N/C1=C\c1[nH]c(Cc2[nH]c(/C=C3\NC(=O)C(CCSc4ccccc4)=C3C)c(C)c2CCC(=O)O)c(CCC(=O)O)c1C. The highest BCUT2D eigenvalue weighted by Crippen LogP contribution is 2.33. The van der Waals surface area contributed by atoms with E-state index in [4.69, 9.17) is 0 Å². The Morgan fingerprint density at radius 2 is 0.982 bits per heavy atom. The number of carboxylic acids is 2. The fourth-order valence-electron chi connectivity index (χ4n) is 7.35.